The lowest BCUT2D eigenvalue weighted by molar-refractivity contribution is -0.138. The molecule has 32 heavy (non-hydrogen) atoms. The van der Waals surface area contributed by atoms with Crippen molar-refractivity contribution in [3.8, 4) is 0 Å². The van der Waals surface area contributed by atoms with Gasteiger partial charge in [0.15, 0.2) is 0 Å². The summed E-state index contributed by atoms with van der Waals surface area (Å²) in [6.07, 6.45) is -2.01. The van der Waals surface area contributed by atoms with Crippen molar-refractivity contribution in [2.75, 3.05) is 25.4 Å². The fourth-order valence-electron chi connectivity index (χ4n) is 4.49. The van der Waals surface area contributed by atoms with Gasteiger partial charge in [-0.05, 0) is 66.8 Å². The van der Waals surface area contributed by atoms with E-state index in [1.54, 1.807) is 29.2 Å². The molecular formula is C24H28ClF3N2O2. The first kappa shape index (κ1) is 24.4. The number of likely N-dealkylation sites (tertiary alicyclic amines) is 1. The first-order valence-electron chi connectivity index (χ1n) is 10.8. The highest BCUT2D eigenvalue weighted by atomic mass is 35.5. The zero-order valence-corrected chi connectivity index (χ0v) is 18.5. The van der Waals surface area contributed by atoms with Crippen LogP contribution < -0.4 is 5.73 Å². The van der Waals surface area contributed by atoms with Gasteiger partial charge in [0.1, 0.15) is 0 Å². The van der Waals surface area contributed by atoms with Gasteiger partial charge in [-0.25, -0.2) is 0 Å². The maximum Gasteiger partial charge on any atom is 0.416 e. The van der Waals surface area contributed by atoms with Gasteiger partial charge in [0.25, 0.3) is 0 Å². The third kappa shape index (κ3) is 6.17. The normalized spacial score (nSPS) is 17.5. The summed E-state index contributed by atoms with van der Waals surface area (Å²) in [4.78, 5) is 13.9. The van der Waals surface area contributed by atoms with E-state index in [1.807, 2.05) is 6.07 Å². The van der Waals surface area contributed by atoms with Crippen LogP contribution >= 0.6 is 11.6 Å². The number of carbonyl (C=O) groups excluding carboxylic acids is 1. The monoisotopic (exact) mass is 468 g/mol. The summed E-state index contributed by atoms with van der Waals surface area (Å²) in [6, 6.07) is 11.1. The molecule has 8 heteroatoms. The number of aryl methyl sites for hydroxylation is 1. The van der Waals surface area contributed by atoms with E-state index in [9.17, 15) is 18.0 Å². The molecule has 0 radical (unpaired) electrons. The van der Waals surface area contributed by atoms with E-state index in [0.717, 1.165) is 18.1 Å². The van der Waals surface area contributed by atoms with Crippen molar-refractivity contribution < 1.29 is 23.1 Å². The number of nitrogen functional groups attached to an aromatic ring is 1. The Kier molecular flexibility index (Phi) is 8.06. The Bertz CT molecular complexity index is 936. The van der Waals surface area contributed by atoms with Gasteiger partial charge in [0, 0.05) is 19.5 Å². The number of amides is 1. The standard InChI is InChI=1S/C24H28ClF3N2O2/c25-21-13-16(6-8-22(21)29)5-7-17(19-9-11-30(15-19)23(32)10-12-31)14-18-3-1-2-4-20(18)24(26,27)28/h1-4,6,8,13,17,19,31H,5,7,9-12,14-15,29H2. The molecule has 0 bridgehead atoms. The van der Waals surface area contributed by atoms with Crippen LogP contribution in [0.2, 0.25) is 5.02 Å². The summed E-state index contributed by atoms with van der Waals surface area (Å²) < 4.78 is 40.7. The van der Waals surface area contributed by atoms with Crippen LogP contribution in [0, 0.1) is 11.8 Å². The number of carbonyl (C=O) groups is 1. The summed E-state index contributed by atoms with van der Waals surface area (Å²) in [5.74, 6) is -0.0697. The molecule has 3 N–H and O–H groups in total. The number of nitrogens with two attached hydrogens (primary N) is 1. The largest absolute Gasteiger partial charge is 0.416 e. The van der Waals surface area contributed by atoms with Crippen molar-refractivity contribution in [3.05, 3.63) is 64.2 Å². The Hall–Kier alpha value is -2.25. The lowest BCUT2D eigenvalue weighted by Crippen LogP contribution is -2.31. The molecule has 0 aliphatic carbocycles. The van der Waals surface area contributed by atoms with Crippen molar-refractivity contribution in [3.63, 3.8) is 0 Å². The Morgan fingerprint density at radius 3 is 2.69 bits per heavy atom. The molecule has 1 amide bonds. The lowest BCUT2D eigenvalue weighted by Gasteiger charge is -2.26. The molecular weight excluding hydrogens is 441 g/mol. The Morgan fingerprint density at radius 1 is 1.25 bits per heavy atom. The predicted molar refractivity (Wildman–Crippen MR) is 119 cm³/mol. The molecule has 0 saturated carbocycles. The number of rotatable bonds is 8. The molecule has 1 fully saturated rings. The van der Waals surface area contributed by atoms with Gasteiger partial charge in [-0.1, -0.05) is 35.9 Å². The molecule has 1 aliphatic heterocycles. The lowest BCUT2D eigenvalue weighted by atomic mass is 9.81. The molecule has 1 heterocycles. The van der Waals surface area contributed by atoms with E-state index >= 15 is 0 Å². The van der Waals surface area contributed by atoms with Gasteiger partial charge >= 0.3 is 6.18 Å². The molecule has 1 aliphatic rings. The highest BCUT2D eigenvalue weighted by molar-refractivity contribution is 6.33. The van der Waals surface area contributed by atoms with Crippen LogP contribution in [0.25, 0.3) is 0 Å². The zero-order valence-electron chi connectivity index (χ0n) is 17.7. The number of halogens is 4. The molecule has 2 aromatic rings. The maximum atomic E-state index is 13.6. The Labute approximate surface area is 191 Å². The second-order valence-electron chi connectivity index (χ2n) is 8.38. The quantitative estimate of drug-likeness (QED) is 0.538. The second-order valence-corrected chi connectivity index (χ2v) is 8.78. The Balaban J connectivity index is 1.80. The van der Waals surface area contributed by atoms with Crippen LogP contribution in [0.3, 0.4) is 0 Å². The number of hydrogen-bond donors (Lipinski definition) is 2. The highest BCUT2D eigenvalue weighted by Gasteiger charge is 2.36. The average Bonchev–Trinajstić information content (AvgIpc) is 3.23. The first-order chi connectivity index (χ1) is 15.2. The fraction of sp³-hybridized carbons (Fsp3) is 0.458. The van der Waals surface area contributed by atoms with E-state index < -0.39 is 11.7 Å². The minimum Gasteiger partial charge on any atom is -0.398 e. The van der Waals surface area contributed by atoms with Gasteiger partial charge in [-0.15, -0.1) is 0 Å². The van der Waals surface area contributed by atoms with Crippen molar-refractivity contribution in [2.45, 2.75) is 38.3 Å². The summed E-state index contributed by atoms with van der Waals surface area (Å²) in [5.41, 5.74) is 6.91. The molecule has 4 nitrogen and oxygen atoms in total. The highest BCUT2D eigenvalue weighted by Crippen LogP contribution is 2.36. The van der Waals surface area contributed by atoms with E-state index in [-0.39, 0.29) is 42.8 Å². The molecule has 2 unspecified atom stereocenters. The summed E-state index contributed by atoms with van der Waals surface area (Å²) in [6.45, 7) is 0.856. The predicted octanol–water partition coefficient (Wildman–Crippen LogP) is 4.96. The minimum atomic E-state index is -4.41. The van der Waals surface area contributed by atoms with E-state index in [0.29, 0.717) is 36.6 Å². The third-order valence-corrected chi connectivity index (χ3v) is 6.57. The van der Waals surface area contributed by atoms with Crippen LogP contribution in [-0.2, 0) is 23.8 Å². The van der Waals surface area contributed by atoms with Gasteiger partial charge in [-0.2, -0.15) is 13.2 Å². The van der Waals surface area contributed by atoms with Gasteiger partial charge in [0.2, 0.25) is 5.91 Å². The summed E-state index contributed by atoms with van der Waals surface area (Å²) in [7, 11) is 0. The molecule has 0 spiro atoms. The van der Waals surface area contributed by atoms with Crippen LogP contribution in [0.5, 0.6) is 0 Å². The van der Waals surface area contributed by atoms with Crippen LogP contribution in [0.1, 0.15) is 36.0 Å². The molecule has 174 valence electrons. The smallest absolute Gasteiger partial charge is 0.398 e. The van der Waals surface area contributed by atoms with Gasteiger partial charge in [0.05, 0.1) is 22.9 Å². The van der Waals surface area contributed by atoms with Crippen molar-refractivity contribution in [1.29, 1.82) is 0 Å². The molecule has 2 atom stereocenters. The molecule has 1 saturated heterocycles. The number of aliphatic hydroxyl groups is 1. The second kappa shape index (κ2) is 10.6. The van der Waals surface area contributed by atoms with E-state index in [4.69, 9.17) is 22.4 Å². The fourth-order valence-corrected chi connectivity index (χ4v) is 4.70. The van der Waals surface area contributed by atoms with E-state index in [2.05, 4.69) is 0 Å². The SMILES string of the molecule is Nc1ccc(CCC(Cc2ccccc2C(F)(F)F)C2CCN(C(=O)CCO)C2)cc1Cl. The average molecular weight is 469 g/mol. The zero-order chi connectivity index (χ0) is 23.3. The van der Waals surface area contributed by atoms with Crippen LogP contribution in [0.4, 0.5) is 18.9 Å². The van der Waals surface area contributed by atoms with Crippen molar-refractivity contribution >= 4 is 23.2 Å². The summed E-state index contributed by atoms with van der Waals surface area (Å²) >= 11 is 6.13. The summed E-state index contributed by atoms with van der Waals surface area (Å²) in [5, 5.41) is 9.51. The van der Waals surface area contributed by atoms with Gasteiger partial charge in [-0.3, -0.25) is 4.79 Å². The number of nitrogens with zero attached hydrogens (tertiary/aromatic N) is 1. The first-order valence-corrected chi connectivity index (χ1v) is 11.1. The van der Waals surface area contributed by atoms with Crippen molar-refractivity contribution in [2.24, 2.45) is 11.8 Å². The number of aliphatic hydroxyl groups excluding tert-OH is 1. The Morgan fingerprint density at radius 2 is 2.00 bits per heavy atom. The van der Waals surface area contributed by atoms with E-state index in [1.165, 1.54) is 6.07 Å². The minimum absolute atomic E-state index is 0.0400. The molecule has 2 aromatic carbocycles. The van der Waals surface area contributed by atoms with Crippen LogP contribution in [-0.4, -0.2) is 35.6 Å². The molecule has 0 aromatic heterocycles. The number of alkyl halides is 3. The number of benzene rings is 2. The number of anilines is 1. The maximum absolute atomic E-state index is 13.6. The van der Waals surface area contributed by atoms with Gasteiger partial charge < -0.3 is 15.7 Å². The number of hydrogen-bond acceptors (Lipinski definition) is 3. The third-order valence-electron chi connectivity index (χ3n) is 6.24. The topological polar surface area (TPSA) is 66.6 Å². The van der Waals surface area contributed by atoms with Crippen LogP contribution in [0.15, 0.2) is 42.5 Å². The van der Waals surface area contributed by atoms with Crippen molar-refractivity contribution in [1.82, 2.24) is 4.90 Å². The molecule has 3 rings (SSSR count).